The van der Waals surface area contributed by atoms with Gasteiger partial charge in [0.15, 0.2) is 0 Å². The Morgan fingerprint density at radius 1 is 1.00 bits per heavy atom. The Morgan fingerprint density at radius 2 is 1.61 bits per heavy atom. The molecule has 0 bridgehead atoms. The molecule has 2 heterocycles. The fraction of sp³-hybridized carbons (Fsp3) is 0.458. The molecule has 2 aliphatic heterocycles. The van der Waals surface area contributed by atoms with Gasteiger partial charge >= 0.3 is 0 Å². The fourth-order valence-corrected chi connectivity index (χ4v) is 4.87. The molecule has 3 atom stereocenters. The molecule has 2 aliphatic rings. The Morgan fingerprint density at radius 3 is 2.21 bits per heavy atom. The lowest BCUT2D eigenvalue weighted by Crippen LogP contribution is -2.67. The van der Waals surface area contributed by atoms with Gasteiger partial charge in [-0.05, 0) is 43.0 Å². The van der Waals surface area contributed by atoms with E-state index in [1.807, 2.05) is 4.90 Å². The number of carbonyl (C=O) groups is 1. The van der Waals surface area contributed by atoms with E-state index in [0.717, 1.165) is 32.5 Å². The maximum atomic E-state index is 12.0. The summed E-state index contributed by atoms with van der Waals surface area (Å²) in [6.45, 7) is 6.56. The van der Waals surface area contributed by atoms with E-state index in [-0.39, 0.29) is 24.5 Å². The first-order chi connectivity index (χ1) is 13.6. The summed E-state index contributed by atoms with van der Waals surface area (Å²) in [4.78, 5) is 16.4. The Bertz CT molecular complexity index is 816. The van der Waals surface area contributed by atoms with Crippen molar-refractivity contribution in [2.75, 3.05) is 26.2 Å². The zero-order chi connectivity index (χ0) is 19.7. The summed E-state index contributed by atoms with van der Waals surface area (Å²) in [5, 5.41) is 10.0. The van der Waals surface area contributed by atoms with Gasteiger partial charge in [0.1, 0.15) is 0 Å². The van der Waals surface area contributed by atoms with Gasteiger partial charge in [0.25, 0.3) is 0 Å². The fourth-order valence-electron chi connectivity index (χ4n) is 4.87. The van der Waals surface area contributed by atoms with Crippen molar-refractivity contribution in [2.45, 2.75) is 44.7 Å². The molecule has 0 radical (unpaired) electrons. The van der Waals surface area contributed by atoms with Crippen molar-refractivity contribution in [1.29, 1.82) is 0 Å². The van der Waals surface area contributed by atoms with Crippen molar-refractivity contribution in [3.8, 4) is 11.1 Å². The van der Waals surface area contributed by atoms with Crippen molar-refractivity contribution in [3.05, 3.63) is 59.7 Å². The number of aliphatic hydroxyl groups excluding tert-OH is 1. The number of hydrogen-bond acceptors (Lipinski definition) is 3. The Kier molecular flexibility index (Phi) is 5.51. The monoisotopic (exact) mass is 378 g/mol. The SMILES string of the molecule is CC(=O)N1CCCCN2[C@H](CO)[C@@H](c3ccc(-c4ccc(C)cc4)cc3)[C@H]2C1. The van der Waals surface area contributed by atoms with Crippen LogP contribution in [0.2, 0.25) is 0 Å². The Balaban J connectivity index is 1.57. The Hall–Kier alpha value is -2.17. The first-order valence-electron chi connectivity index (χ1n) is 10.4. The number of benzene rings is 2. The topological polar surface area (TPSA) is 43.8 Å². The normalized spacial score (nSPS) is 25.4. The number of rotatable bonds is 3. The van der Waals surface area contributed by atoms with E-state index in [1.165, 1.54) is 22.3 Å². The summed E-state index contributed by atoms with van der Waals surface area (Å²) >= 11 is 0. The molecule has 2 fully saturated rings. The highest BCUT2D eigenvalue weighted by atomic mass is 16.3. The average Bonchev–Trinajstić information content (AvgIpc) is 2.67. The molecular weight excluding hydrogens is 348 g/mol. The van der Waals surface area contributed by atoms with E-state index >= 15 is 0 Å². The second kappa shape index (κ2) is 8.06. The van der Waals surface area contributed by atoms with Crippen molar-refractivity contribution >= 4 is 5.91 Å². The molecule has 0 aromatic heterocycles. The highest BCUT2D eigenvalue weighted by Crippen LogP contribution is 2.42. The summed E-state index contributed by atoms with van der Waals surface area (Å²) < 4.78 is 0. The summed E-state index contributed by atoms with van der Waals surface area (Å²) in [6.07, 6.45) is 2.12. The zero-order valence-electron chi connectivity index (χ0n) is 16.8. The first kappa shape index (κ1) is 19.2. The molecule has 4 nitrogen and oxygen atoms in total. The number of carbonyl (C=O) groups excluding carboxylic acids is 1. The van der Waals surface area contributed by atoms with Crippen LogP contribution in [-0.2, 0) is 4.79 Å². The van der Waals surface area contributed by atoms with Gasteiger partial charge in [0, 0.05) is 38.0 Å². The molecule has 0 saturated carbocycles. The van der Waals surface area contributed by atoms with Crippen LogP contribution in [0.1, 0.15) is 36.8 Å². The third-order valence-electron chi connectivity index (χ3n) is 6.50. The van der Waals surface area contributed by atoms with Crippen LogP contribution in [0.15, 0.2) is 48.5 Å². The molecule has 1 amide bonds. The molecule has 1 N–H and O–H groups in total. The summed E-state index contributed by atoms with van der Waals surface area (Å²) in [5.41, 5.74) is 4.96. The maximum Gasteiger partial charge on any atom is 0.219 e. The number of amides is 1. The number of aliphatic hydroxyl groups is 1. The zero-order valence-corrected chi connectivity index (χ0v) is 16.8. The minimum Gasteiger partial charge on any atom is -0.395 e. The molecule has 0 unspecified atom stereocenters. The molecule has 2 aromatic carbocycles. The van der Waals surface area contributed by atoms with Crippen molar-refractivity contribution in [3.63, 3.8) is 0 Å². The van der Waals surface area contributed by atoms with E-state index in [9.17, 15) is 9.90 Å². The van der Waals surface area contributed by atoms with E-state index in [4.69, 9.17) is 0 Å². The van der Waals surface area contributed by atoms with Crippen LogP contribution < -0.4 is 0 Å². The summed E-state index contributed by atoms with van der Waals surface area (Å²) in [5.74, 6) is 0.430. The summed E-state index contributed by atoms with van der Waals surface area (Å²) in [7, 11) is 0. The van der Waals surface area contributed by atoms with Gasteiger partial charge in [-0.3, -0.25) is 9.69 Å². The van der Waals surface area contributed by atoms with Crippen LogP contribution in [0.25, 0.3) is 11.1 Å². The van der Waals surface area contributed by atoms with Crippen LogP contribution in [0, 0.1) is 6.92 Å². The van der Waals surface area contributed by atoms with Crippen molar-refractivity contribution < 1.29 is 9.90 Å². The van der Waals surface area contributed by atoms with Gasteiger partial charge < -0.3 is 10.0 Å². The van der Waals surface area contributed by atoms with E-state index in [0.29, 0.717) is 6.04 Å². The van der Waals surface area contributed by atoms with Gasteiger partial charge in [-0.15, -0.1) is 0 Å². The lowest BCUT2D eigenvalue weighted by atomic mass is 9.74. The predicted molar refractivity (Wildman–Crippen MR) is 112 cm³/mol. The quantitative estimate of drug-likeness (QED) is 0.890. The average molecular weight is 379 g/mol. The van der Waals surface area contributed by atoms with E-state index < -0.39 is 0 Å². The van der Waals surface area contributed by atoms with Crippen LogP contribution in [-0.4, -0.2) is 59.1 Å². The standard InChI is InChI=1S/C24H30N2O2/c1-17-5-7-19(8-6-17)20-9-11-21(12-10-20)24-22-15-25(18(2)28)13-3-4-14-26(22)23(24)16-27/h5-12,22-24,27H,3-4,13-16H2,1-2H3/t22-,23-,24+/m1/s1. The maximum absolute atomic E-state index is 12.0. The van der Waals surface area contributed by atoms with Crippen LogP contribution in [0.5, 0.6) is 0 Å². The Labute approximate surface area is 167 Å². The highest BCUT2D eigenvalue weighted by Gasteiger charge is 2.49. The number of fused-ring (bicyclic) bond motifs is 1. The largest absolute Gasteiger partial charge is 0.395 e. The first-order valence-corrected chi connectivity index (χ1v) is 10.4. The van der Waals surface area contributed by atoms with Gasteiger partial charge in [-0.2, -0.15) is 0 Å². The van der Waals surface area contributed by atoms with E-state index in [2.05, 4.69) is 60.4 Å². The van der Waals surface area contributed by atoms with Crippen LogP contribution in [0.3, 0.4) is 0 Å². The van der Waals surface area contributed by atoms with Gasteiger partial charge in [-0.25, -0.2) is 0 Å². The molecule has 0 aliphatic carbocycles. The minimum atomic E-state index is 0.155. The third kappa shape index (κ3) is 3.59. The molecule has 2 aromatic rings. The molecule has 28 heavy (non-hydrogen) atoms. The molecular formula is C24H30N2O2. The van der Waals surface area contributed by atoms with E-state index in [1.54, 1.807) is 6.92 Å². The molecule has 148 valence electrons. The number of hydrogen-bond donors (Lipinski definition) is 1. The third-order valence-corrected chi connectivity index (χ3v) is 6.50. The van der Waals surface area contributed by atoms with Gasteiger partial charge in [0.05, 0.1) is 6.61 Å². The highest BCUT2D eigenvalue weighted by molar-refractivity contribution is 5.73. The number of aryl methyl sites for hydroxylation is 1. The lowest BCUT2D eigenvalue weighted by molar-refractivity contribution is -0.134. The lowest BCUT2D eigenvalue weighted by Gasteiger charge is -2.57. The smallest absolute Gasteiger partial charge is 0.219 e. The molecule has 4 rings (SSSR count). The molecule has 4 heteroatoms. The predicted octanol–water partition coefficient (Wildman–Crippen LogP) is 3.43. The summed E-state index contributed by atoms with van der Waals surface area (Å²) in [6, 6.07) is 17.8. The van der Waals surface area contributed by atoms with Crippen molar-refractivity contribution in [2.24, 2.45) is 0 Å². The molecule has 2 saturated heterocycles. The second-order valence-electron chi connectivity index (χ2n) is 8.24. The minimum absolute atomic E-state index is 0.155. The van der Waals surface area contributed by atoms with Crippen molar-refractivity contribution in [1.82, 2.24) is 9.80 Å². The number of nitrogens with zero attached hydrogens (tertiary/aromatic N) is 2. The van der Waals surface area contributed by atoms with Gasteiger partial charge in [-0.1, -0.05) is 54.1 Å². The van der Waals surface area contributed by atoms with Crippen LogP contribution in [0.4, 0.5) is 0 Å². The van der Waals surface area contributed by atoms with Crippen LogP contribution >= 0.6 is 0 Å². The van der Waals surface area contributed by atoms with Gasteiger partial charge in [0.2, 0.25) is 5.91 Å². The molecule has 0 spiro atoms. The second-order valence-corrected chi connectivity index (χ2v) is 8.24.